The summed E-state index contributed by atoms with van der Waals surface area (Å²) in [5.41, 5.74) is 3.89. The quantitative estimate of drug-likeness (QED) is 0.733. The van der Waals surface area contributed by atoms with Crippen LogP contribution in [0.15, 0.2) is 66.8 Å². The molecule has 0 spiro atoms. The Morgan fingerprint density at radius 1 is 1.18 bits per heavy atom. The zero-order chi connectivity index (χ0) is 19.6. The zero-order valence-corrected chi connectivity index (χ0v) is 16.2. The van der Waals surface area contributed by atoms with E-state index in [9.17, 15) is 9.90 Å². The van der Waals surface area contributed by atoms with Crippen molar-refractivity contribution in [2.24, 2.45) is 11.3 Å². The lowest BCUT2D eigenvalue weighted by molar-refractivity contribution is -0.109. The second-order valence-corrected chi connectivity index (χ2v) is 8.05. The summed E-state index contributed by atoms with van der Waals surface area (Å²) in [6.45, 7) is 2.43. The van der Waals surface area contributed by atoms with E-state index in [0.717, 1.165) is 25.5 Å². The van der Waals surface area contributed by atoms with Crippen LogP contribution in [0.25, 0.3) is 0 Å². The molecule has 1 unspecified atom stereocenters. The number of hydrogen-bond donors (Lipinski definition) is 1. The molecule has 0 aliphatic heterocycles. The van der Waals surface area contributed by atoms with Gasteiger partial charge in [-0.1, -0.05) is 49.4 Å². The van der Waals surface area contributed by atoms with E-state index in [2.05, 4.69) is 49.4 Å². The highest BCUT2D eigenvalue weighted by molar-refractivity contribution is 5.51. The van der Waals surface area contributed by atoms with Gasteiger partial charge in [-0.15, -0.1) is 0 Å². The van der Waals surface area contributed by atoms with E-state index in [4.69, 9.17) is 4.74 Å². The maximum atomic E-state index is 10.6. The first kappa shape index (κ1) is 18.5. The molecule has 144 valence electrons. The van der Waals surface area contributed by atoms with E-state index >= 15 is 0 Å². The molecule has 28 heavy (non-hydrogen) atoms. The molecule has 0 saturated carbocycles. The van der Waals surface area contributed by atoms with Crippen LogP contribution >= 0.6 is 0 Å². The number of benzene rings is 2. The summed E-state index contributed by atoms with van der Waals surface area (Å²) < 4.78 is 5.42. The van der Waals surface area contributed by atoms with Crippen molar-refractivity contribution in [1.82, 2.24) is 0 Å². The number of carbonyl (C=O) groups excluding carboxylic acids is 1. The van der Waals surface area contributed by atoms with Gasteiger partial charge in [-0.05, 0) is 71.6 Å². The molecule has 0 saturated heterocycles. The summed E-state index contributed by atoms with van der Waals surface area (Å²) in [7, 11) is 0. The van der Waals surface area contributed by atoms with Gasteiger partial charge in [0.2, 0.25) is 0 Å². The van der Waals surface area contributed by atoms with Crippen molar-refractivity contribution >= 4 is 6.29 Å². The summed E-state index contributed by atoms with van der Waals surface area (Å²) in [6, 6.07) is 13.9. The van der Waals surface area contributed by atoms with Crippen molar-refractivity contribution in [1.29, 1.82) is 0 Å². The molecule has 4 rings (SSSR count). The molecule has 0 heterocycles. The van der Waals surface area contributed by atoms with Crippen LogP contribution in [-0.2, 0) is 11.2 Å². The van der Waals surface area contributed by atoms with Crippen molar-refractivity contribution in [3.05, 3.63) is 83.5 Å². The number of phenols is 1. The molecular formula is C25H26O3. The van der Waals surface area contributed by atoms with Gasteiger partial charge in [0.05, 0.1) is 0 Å². The van der Waals surface area contributed by atoms with Gasteiger partial charge in [0.1, 0.15) is 18.1 Å². The van der Waals surface area contributed by atoms with E-state index in [1.54, 1.807) is 6.07 Å². The standard InChI is InChI=1S/C25H26O3/c1-25(13-3-2-4-14-25)23-12-7-19-17-20(27)8-11-22(19)24(23)18-5-9-21(10-6-18)28-16-15-26/h2-6,8-11,13,15,17,23-24,27H,7,12,14,16H2,1H3/t23-,24+,25?/m0/s1. The van der Waals surface area contributed by atoms with Crippen molar-refractivity contribution in [2.75, 3.05) is 6.61 Å². The second-order valence-electron chi connectivity index (χ2n) is 8.05. The fraction of sp³-hybridized carbons (Fsp3) is 0.320. The zero-order valence-electron chi connectivity index (χ0n) is 16.2. The number of phenolic OH excluding ortho intramolecular Hbond substituents is 1. The van der Waals surface area contributed by atoms with Crippen molar-refractivity contribution < 1.29 is 14.6 Å². The fourth-order valence-electron chi connectivity index (χ4n) is 4.85. The maximum absolute atomic E-state index is 10.6. The van der Waals surface area contributed by atoms with E-state index in [1.807, 2.05) is 18.2 Å². The predicted molar refractivity (Wildman–Crippen MR) is 111 cm³/mol. The Bertz CT molecular complexity index is 910. The third-order valence-electron chi connectivity index (χ3n) is 6.27. The van der Waals surface area contributed by atoms with Gasteiger partial charge in [0.15, 0.2) is 6.29 Å². The first-order valence-electron chi connectivity index (χ1n) is 9.93. The average Bonchev–Trinajstić information content (AvgIpc) is 2.72. The Labute approximate surface area is 166 Å². The lowest BCUT2D eigenvalue weighted by atomic mass is 9.59. The van der Waals surface area contributed by atoms with Crippen LogP contribution in [0.1, 0.15) is 42.4 Å². The second kappa shape index (κ2) is 7.67. The number of rotatable bonds is 5. The van der Waals surface area contributed by atoms with Crippen LogP contribution < -0.4 is 4.74 Å². The topological polar surface area (TPSA) is 46.5 Å². The molecule has 2 aromatic carbocycles. The number of aromatic hydroxyl groups is 1. The highest BCUT2D eigenvalue weighted by atomic mass is 16.5. The molecule has 2 aromatic rings. The monoisotopic (exact) mass is 374 g/mol. The Hall–Kier alpha value is -2.81. The first-order chi connectivity index (χ1) is 13.6. The number of fused-ring (bicyclic) bond motifs is 1. The molecule has 0 bridgehead atoms. The van der Waals surface area contributed by atoms with E-state index < -0.39 is 0 Å². The van der Waals surface area contributed by atoms with E-state index in [-0.39, 0.29) is 17.9 Å². The number of allylic oxidation sites excluding steroid dienone is 4. The van der Waals surface area contributed by atoms with Crippen LogP contribution in [0.2, 0.25) is 0 Å². The SMILES string of the molecule is CC1([C@H]2CCc3cc(O)ccc3[C@H]2c2ccc(OCC=O)cc2)C=CC=CC1. The summed E-state index contributed by atoms with van der Waals surface area (Å²) >= 11 is 0. The van der Waals surface area contributed by atoms with Crippen LogP contribution in [0.5, 0.6) is 11.5 Å². The third kappa shape index (κ3) is 3.49. The maximum Gasteiger partial charge on any atom is 0.157 e. The molecule has 2 aliphatic carbocycles. The fourth-order valence-corrected chi connectivity index (χ4v) is 4.85. The minimum atomic E-state index is 0.0721. The summed E-state index contributed by atoms with van der Waals surface area (Å²) in [6.07, 6.45) is 12.8. The van der Waals surface area contributed by atoms with Crippen molar-refractivity contribution in [3.63, 3.8) is 0 Å². The molecule has 0 amide bonds. The molecule has 3 nitrogen and oxygen atoms in total. The van der Waals surface area contributed by atoms with Gasteiger partial charge < -0.3 is 9.84 Å². The number of aryl methyl sites for hydroxylation is 1. The van der Waals surface area contributed by atoms with Crippen molar-refractivity contribution in [2.45, 2.75) is 32.1 Å². The van der Waals surface area contributed by atoms with E-state index in [0.29, 0.717) is 17.4 Å². The van der Waals surface area contributed by atoms with Gasteiger partial charge in [0, 0.05) is 5.92 Å². The van der Waals surface area contributed by atoms with Gasteiger partial charge in [-0.25, -0.2) is 0 Å². The first-order valence-corrected chi connectivity index (χ1v) is 9.93. The number of hydrogen-bond acceptors (Lipinski definition) is 3. The van der Waals surface area contributed by atoms with Crippen LogP contribution in [0.4, 0.5) is 0 Å². The molecule has 0 aromatic heterocycles. The Kier molecular flexibility index (Phi) is 5.08. The van der Waals surface area contributed by atoms with Gasteiger partial charge in [-0.2, -0.15) is 0 Å². The van der Waals surface area contributed by atoms with E-state index in [1.165, 1.54) is 16.7 Å². The third-order valence-corrected chi connectivity index (χ3v) is 6.27. The van der Waals surface area contributed by atoms with Crippen LogP contribution in [0, 0.1) is 11.3 Å². The van der Waals surface area contributed by atoms with Crippen molar-refractivity contribution in [3.8, 4) is 11.5 Å². The minimum absolute atomic E-state index is 0.0721. The van der Waals surface area contributed by atoms with Gasteiger partial charge in [0.25, 0.3) is 0 Å². The van der Waals surface area contributed by atoms with Gasteiger partial charge >= 0.3 is 0 Å². The molecule has 3 atom stereocenters. The Morgan fingerprint density at radius 2 is 2.00 bits per heavy atom. The summed E-state index contributed by atoms with van der Waals surface area (Å²) in [5.74, 6) is 1.76. The largest absolute Gasteiger partial charge is 0.508 e. The minimum Gasteiger partial charge on any atom is -0.508 e. The summed E-state index contributed by atoms with van der Waals surface area (Å²) in [5, 5.41) is 9.96. The summed E-state index contributed by atoms with van der Waals surface area (Å²) in [4.78, 5) is 10.6. The Morgan fingerprint density at radius 3 is 2.71 bits per heavy atom. The highest BCUT2D eigenvalue weighted by Crippen LogP contribution is 2.52. The number of aldehydes is 1. The molecule has 0 radical (unpaired) electrons. The average molecular weight is 374 g/mol. The van der Waals surface area contributed by atoms with Crippen LogP contribution in [0.3, 0.4) is 0 Å². The predicted octanol–water partition coefficient (Wildman–Crippen LogP) is 5.19. The molecule has 1 N–H and O–H groups in total. The normalized spacial score (nSPS) is 25.9. The highest BCUT2D eigenvalue weighted by Gasteiger charge is 2.41. The number of carbonyl (C=O) groups is 1. The van der Waals surface area contributed by atoms with Crippen LogP contribution in [-0.4, -0.2) is 18.0 Å². The molecule has 3 heteroatoms. The smallest absolute Gasteiger partial charge is 0.157 e. The molecule has 2 aliphatic rings. The molecular weight excluding hydrogens is 348 g/mol. The lowest BCUT2D eigenvalue weighted by Crippen LogP contribution is -2.35. The van der Waals surface area contributed by atoms with Gasteiger partial charge in [-0.3, -0.25) is 4.79 Å². The lowest BCUT2D eigenvalue weighted by Gasteiger charge is -2.44. The number of ether oxygens (including phenoxy) is 1. The molecule has 0 fully saturated rings. The Balaban J connectivity index is 1.75.